The molecule has 1 aromatic heterocycles. The number of phenols is 1. The molecular formula is C14H17NO2S. The maximum absolute atomic E-state index is 9.35. The summed E-state index contributed by atoms with van der Waals surface area (Å²) >= 11 is 1.75. The summed E-state index contributed by atoms with van der Waals surface area (Å²) in [6.07, 6.45) is 0. The summed E-state index contributed by atoms with van der Waals surface area (Å²) in [5, 5.41) is 9.35. The average Bonchev–Trinajstić information content (AvgIpc) is 2.77. The lowest BCUT2D eigenvalue weighted by molar-refractivity contribution is 0.290. The number of phenolic OH excluding ortho intramolecular Hbond substituents is 1. The smallest absolute Gasteiger partial charge is 0.123 e. The third-order valence-corrected chi connectivity index (χ3v) is 3.88. The monoisotopic (exact) mass is 263 g/mol. The van der Waals surface area contributed by atoms with Gasteiger partial charge in [-0.25, -0.2) is 0 Å². The Labute approximate surface area is 111 Å². The quantitative estimate of drug-likeness (QED) is 0.872. The predicted molar refractivity (Wildman–Crippen MR) is 74.5 cm³/mol. The van der Waals surface area contributed by atoms with E-state index in [4.69, 9.17) is 10.5 Å². The molecule has 1 heterocycles. The van der Waals surface area contributed by atoms with Crippen LogP contribution in [0.5, 0.6) is 11.5 Å². The second kappa shape index (κ2) is 5.89. The minimum Gasteiger partial charge on any atom is -0.508 e. The van der Waals surface area contributed by atoms with Crippen LogP contribution in [-0.2, 0) is 0 Å². The topological polar surface area (TPSA) is 55.5 Å². The molecule has 0 aliphatic carbocycles. The van der Waals surface area contributed by atoms with Gasteiger partial charge < -0.3 is 15.6 Å². The molecule has 3 nitrogen and oxygen atoms in total. The maximum atomic E-state index is 9.35. The second-order valence-corrected chi connectivity index (χ2v) is 5.51. The van der Waals surface area contributed by atoms with Gasteiger partial charge in [-0.15, -0.1) is 11.3 Å². The average molecular weight is 263 g/mol. The maximum Gasteiger partial charge on any atom is 0.123 e. The molecule has 3 N–H and O–H groups in total. The summed E-state index contributed by atoms with van der Waals surface area (Å²) < 4.78 is 5.67. The molecule has 0 aliphatic rings. The van der Waals surface area contributed by atoms with E-state index in [1.54, 1.807) is 29.5 Å². The lowest BCUT2D eigenvalue weighted by atomic mass is 10.1. The van der Waals surface area contributed by atoms with E-state index >= 15 is 0 Å². The zero-order valence-corrected chi connectivity index (χ0v) is 11.1. The summed E-state index contributed by atoms with van der Waals surface area (Å²) in [6, 6.07) is 11.0. The van der Waals surface area contributed by atoms with Gasteiger partial charge in [-0.05, 0) is 31.2 Å². The largest absolute Gasteiger partial charge is 0.508 e. The molecule has 0 aliphatic heterocycles. The summed E-state index contributed by atoms with van der Waals surface area (Å²) in [7, 11) is 0. The van der Waals surface area contributed by atoms with Crippen molar-refractivity contribution < 1.29 is 9.84 Å². The molecule has 0 fully saturated rings. The highest BCUT2D eigenvalue weighted by Crippen LogP contribution is 2.25. The summed E-state index contributed by atoms with van der Waals surface area (Å²) in [5.74, 6) is 1.08. The first-order chi connectivity index (χ1) is 8.69. The van der Waals surface area contributed by atoms with Gasteiger partial charge in [-0.2, -0.15) is 0 Å². The number of aryl methyl sites for hydroxylation is 1. The van der Waals surface area contributed by atoms with Gasteiger partial charge in [-0.1, -0.05) is 6.07 Å². The van der Waals surface area contributed by atoms with Crippen molar-refractivity contribution >= 4 is 11.3 Å². The molecule has 18 heavy (non-hydrogen) atoms. The fourth-order valence-electron chi connectivity index (χ4n) is 1.71. The van der Waals surface area contributed by atoms with Crippen LogP contribution in [0.4, 0.5) is 0 Å². The van der Waals surface area contributed by atoms with Gasteiger partial charge in [0.1, 0.15) is 11.5 Å². The van der Waals surface area contributed by atoms with Crippen LogP contribution in [0.25, 0.3) is 0 Å². The van der Waals surface area contributed by atoms with Crippen LogP contribution in [0, 0.1) is 6.92 Å². The number of nitrogens with two attached hydrogens (primary N) is 1. The normalized spacial score (nSPS) is 12.3. The van der Waals surface area contributed by atoms with E-state index in [0.717, 1.165) is 0 Å². The molecule has 96 valence electrons. The van der Waals surface area contributed by atoms with Gasteiger partial charge in [0.25, 0.3) is 0 Å². The van der Waals surface area contributed by atoms with Crippen molar-refractivity contribution in [2.24, 2.45) is 5.73 Å². The predicted octanol–water partition coefficient (Wildman–Crippen LogP) is 2.88. The Bertz CT molecular complexity index is 510. The Kier molecular flexibility index (Phi) is 4.23. The van der Waals surface area contributed by atoms with Crippen LogP contribution in [0.1, 0.15) is 15.7 Å². The van der Waals surface area contributed by atoms with Crippen molar-refractivity contribution in [1.29, 1.82) is 0 Å². The van der Waals surface area contributed by atoms with Crippen molar-refractivity contribution in [3.05, 3.63) is 46.2 Å². The van der Waals surface area contributed by atoms with Crippen molar-refractivity contribution in [3.63, 3.8) is 0 Å². The Morgan fingerprint density at radius 1 is 1.33 bits per heavy atom. The lowest BCUT2D eigenvalue weighted by Crippen LogP contribution is -2.18. The second-order valence-electron chi connectivity index (χ2n) is 4.19. The minimum atomic E-state index is 0.200. The Balaban J connectivity index is 1.99. The Morgan fingerprint density at radius 2 is 2.17 bits per heavy atom. The van der Waals surface area contributed by atoms with E-state index in [0.29, 0.717) is 18.9 Å². The number of hydrogen-bond acceptors (Lipinski definition) is 4. The minimum absolute atomic E-state index is 0.200. The van der Waals surface area contributed by atoms with Crippen LogP contribution in [0.3, 0.4) is 0 Å². The number of rotatable bonds is 5. The molecule has 4 heteroatoms. The first kappa shape index (κ1) is 12.9. The summed E-state index contributed by atoms with van der Waals surface area (Å²) in [4.78, 5) is 2.52. The van der Waals surface area contributed by atoms with Gasteiger partial charge in [0.2, 0.25) is 0 Å². The molecule has 0 amide bonds. The van der Waals surface area contributed by atoms with Crippen molar-refractivity contribution in [1.82, 2.24) is 0 Å². The SMILES string of the molecule is Cc1ccc(C(CN)COc2cccc(O)c2)s1. The molecule has 0 spiro atoms. The highest BCUT2D eigenvalue weighted by atomic mass is 32.1. The van der Waals surface area contributed by atoms with E-state index in [1.807, 2.05) is 6.07 Å². The summed E-state index contributed by atoms with van der Waals surface area (Å²) in [5.41, 5.74) is 5.79. The third-order valence-electron chi connectivity index (χ3n) is 2.72. The lowest BCUT2D eigenvalue weighted by Gasteiger charge is -2.14. The molecule has 2 aromatic rings. The fourth-order valence-corrected chi connectivity index (χ4v) is 2.68. The van der Waals surface area contributed by atoms with Crippen LogP contribution in [-0.4, -0.2) is 18.3 Å². The zero-order valence-electron chi connectivity index (χ0n) is 10.3. The summed E-state index contributed by atoms with van der Waals surface area (Å²) in [6.45, 7) is 3.16. The number of thiophene rings is 1. The number of hydrogen-bond donors (Lipinski definition) is 2. The molecule has 0 saturated heterocycles. The van der Waals surface area contributed by atoms with Gasteiger partial charge in [-0.3, -0.25) is 0 Å². The zero-order chi connectivity index (χ0) is 13.0. The standard InChI is InChI=1S/C14H17NO2S/c1-10-5-6-14(18-10)11(8-15)9-17-13-4-2-3-12(16)7-13/h2-7,11,16H,8-9,15H2,1H3. The van der Waals surface area contributed by atoms with Gasteiger partial charge in [0.05, 0.1) is 6.61 Å². The van der Waals surface area contributed by atoms with Crippen LogP contribution >= 0.6 is 11.3 Å². The number of benzene rings is 1. The van der Waals surface area contributed by atoms with Crippen LogP contribution in [0.15, 0.2) is 36.4 Å². The van der Waals surface area contributed by atoms with Crippen LogP contribution < -0.4 is 10.5 Å². The van der Waals surface area contributed by atoms with Crippen molar-refractivity contribution in [2.75, 3.05) is 13.2 Å². The molecule has 1 unspecified atom stereocenters. The number of aromatic hydroxyl groups is 1. The number of ether oxygens (including phenoxy) is 1. The van der Waals surface area contributed by atoms with Gasteiger partial charge in [0, 0.05) is 28.3 Å². The van der Waals surface area contributed by atoms with Crippen molar-refractivity contribution in [3.8, 4) is 11.5 Å². The Hall–Kier alpha value is -1.52. The van der Waals surface area contributed by atoms with Gasteiger partial charge >= 0.3 is 0 Å². The van der Waals surface area contributed by atoms with Crippen molar-refractivity contribution in [2.45, 2.75) is 12.8 Å². The van der Waals surface area contributed by atoms with E-state index in [2.05, 4.69) is 19.1 Å². The van der Waals surface area contributed by atoms with Gasteiger partial charge in [0.15, 0.2) is 0 Å². The van der Waals surface area contributed by atoms with Crippen LogP contribution in [0.2, 0.25) is 0 Å². The fraction of sp³-hybridized carbons (Fsp3) is 0.286. The highest BCUT2D eigenvalue weighted by molar-refractivity contribution is 7.12. The van der Waals surface area contributed by atoms with E-state index in [1.165, 1.54) is 9.75 Å². The van der Waals surface area contributed by atoms with E-state index in [9.17, 15) is 5.11 Å². The van der Waals surface area contributed by atoms with E-state index < -0.39 is 0 Å². The third kappa shape index (κ3) is 3.24. The highest BCUT2D eigenvalue weighted by Gasteiger charge is 2.12. The molecule has 1 aromatic carbocycles. The molecule has 0 saturated carbocycles. The first-order valence-corrected chi connectivity index (χ1v) is 6.69. The molecule has 0 radical (unpaired) electrons. The molecule has 1 atom stereocenters. The molecular weight excluding hydrogens is 246 g/mol. The molecule has 0 bridgehead atoms. The molecule has 2 rings (SSSR count). The Morgan fingerprint density at radius 3 is 2.78 bits per heavy atom. The van der Waals surface area contributed by atoms with E-state index in [-0.39, 0.29) is 11.7 Å². The first-order valence-electron chi connectivity index (χ1n) is 5.87.